The molecular weight excluding hydrogens is 280 g/mol. The lowest BCUT2D eigenvalue weighted by Crippen LogP contribution is -2.55. The Morgan fingerprint density at radius 3 is 2.70 bits per heavy atom. The number of carboxylic acid groups (broad SMARTS) is 1. The summed E-state index contributed by atoms with van der Waals surface area (Å²) in [7, 11) is 0. The summed E-state index contributed by atoms with van der Waals surface area (Å²) in [6.45, 7) is 3.29. The highest BCUT2D eigenvalue weighted by Crippen LogP contribution is 2.38. The molecule has 0 aromatic carbocycles. The molecule has 0 unspecified atom stereocenters. The summed E-state index contributed by atoms with van der Waals surface area (Å²) < 4.78 is 0. The molecule has 3 heterocycles. The summed E-state index contributed by atoms with van der Waals surface area (Å²) in [6.07, 6.45) is 1.36. The van der Waals surface area contributed by atoms with Crippen LogP contribution in [-0.2, 0) is 9.59 Å². The molecule has 3 rings (SSSR count). The van der Waals surface area contributed by atoms with E-state index in [1.165, 1.54) is 11.3 Å². The second-order valence-corrected chi connectivity index (χ2v) is 6.55. The van der Waals surface area contributed by atoms with Gasteiger partial charge in [0.25, 0.3) is 0 Å². The molecule has 1 atom stereocenters. The zero-order valence-corrected chi connectivity index (χ0v) is 11.9. The summed E-state index contributed by atoms with van der Waals surface area (Å²) in [6, 6.07) is 0. The normalized spacial score (nSPS) is 24.9. The minimum atomic E-state index is -0.886. The summed E-state index contributed by atoms with van der Waals surface area (Å²) >= 11 is 1.53. The molecule has 0 radical (unpaired) electrons. The molecule has 20 heavy (non-hydrogen) atoms. The van der Waals surface area contributed by atoms with Crippen molar-refractivity contribution in [3.63, 3.8) is 0 Å². The molecule has 0 aliphatic carbocycles. The predicted octanol–water partition coefficient (Wildman–Crippen LogP) is 0.406. The van der Waals surface area contributed by atoms with Crippen molar-refractivity contribution in [3.05, 3.63) is 5.01 Å². The zero-order chi connectivity index (χ0) is 14.3. The number of aryl methyl sites for hydroxylation is 1. The summed E-state index contributed by atoms with van der Waals surface area (Å²) in [4.78, 5) is 25.0. The van der Waals surface area contributed by atoms with E-state index in [1.807, 2.05) is 6.92 Å². The molecule has 1 aromatic rings. The summed E-state index contributed by atoms with van der Waals surface area (Å²) in [5.41, 5.74) is -0.584. The van der Waals surface area contributed by atoms with E-state index in [0.717, 1.165) is 10.1 Å². The van der Waals surface area contributed by atoms with E-state index in [1.54, 1.807) is 0 Å². The number of aromatic nitrogens is 2. The second kappa shape index (κ2) is 4.69. The van der Waals surface area contributed by atoms with Crippen molar-refractivity contribution in [2.45, 2.75) is 31.7 Å². The molecule has 8 heteroatoms. The summed E-state index contributed by atoms with van der Waals surface area (Å²) in [5.74, 6) is -1.66. The number of carbonyl (C=O) groups excluding carboxylic acids is 1. The van der Waals surface area contributed by atoms with E-state index >= 15 is 0 Å². The van der Waals surface area contributed by atoms with Gasteiger partial charge in [0.05, 0.1) is 11.5 Å². The third-order valence-electron chi connectivity index (χ3n) is 4.18. The fourth-order valence-electron chi connectivity index (χ4n) is 3.10. The van der Waals surface area contributed by atoms with Crippen LogP contribution in [0.1, 0.15) is 24.3 Å². The average molecular weight is 296 g/mol. The van der Waals surface area contributed by atoms with E-state index < -0.39 is 17.4 Å². The Morgan fingerprint density at radius 2 is 2.15 bits per heavy atom. The van der Waals surface area contributed by atoms with Crippen LogP contribution in [0.25, 0.3) is 0 Å². The molecule has 2 aliphatic rings. The zero-order valence-electron chi connectivity index (χ0n) is 11.1. The van der Waals surface area contributed by atoms with Crippen molar-refractivity contribution in [3.8, 4) is 0 Å². The van der Waals surface area contributed by atoms with Crippen LogP contribution in [0.5, 0.6) is 0 Å². The van der Waals surface area contributed by atoms with Gasteiger partial charge in [-0.25, -0.2) is 0 Å². The van der Waals surface area contributed by atoms with Gasteiger partial charge in [-0.1, -0.05) is 11.3 Å². The minimum absolute atomic E-state index is 0.0905. The average Bonchev–Trinajstić information content (AvgIpc) is 2.95. The molecule has 2 N–H and O–H groups in total. The Hall–Kier alpha value is -1.70. The Balaban J connectivity index is 1.74. The van der Waals surface area contributed by atoms with Crippen LogP contribution in [0, 0.1) is 12.8 Å². The van der Waals surface area contributed by atoms with Crippen molar-refractivity contribution in [1.82, 2.24) is 15.5 Å². The highest BCUT2D eigenvalue weighted by atomic mass is 32.1. The van der Waals surface area contributed by atoms with Crippen molar-refractivity contribution in [2.75, 3.05) is 18.0 Å². The molecule has 7 nitrogen and oxygen atoms in total. The summed E-state index contributed by atoms with van der Waals surface area (Å²) in [5, 5.41) is 22.1. The number of rotatable bonds is 2. The van der Waals surface area contributed by atoms with Crippen LogP contribution < -0.4 is 10.2 Å². The van der Waals surface area contributed by atoms with E-state index in [9.17, 15) is 14.7 Å². The SMILES string of the molecule is Cc1nnc(N2CCC3(CC2)NC(=O)C[C@@H]3C(=O)O)s1. The quantitative estimate of drug-likeness (QED) is 0.820. The lowest BCUT2D eigenvalue weighted by atomic mass is 9.78. The smallest absolute Gasteiger partial charge is 0.309 e. The van der Waals surface area contributed by atoms with Gasteiger partial charge >= 0.3 is 5.97 Å². The fraction of sp³-hybridized carbons (Fsp3) is 0.667. The molecule has 108 valence electrons. The Morgan fingerprint density at radius 1 is 1.45 bits per heavy atom. The first-order valence-electron chi connectivity index (χ1n) is 6.59. The van der Waals surface area contributed by atoms with Crippen LogP contribution in [0.15, 0.2) is 0 Å². The number of nitrogens with one attached hydrogen (secondary N) is 1. The van der Waals surface area contributed by atoms with Crippen molar-refractivity contribution in [1.29, 1.82) is 0 Å². The molecule has 1 amide bonds. The van der Waals surface area contributed by atoms with E-state index in [4.69, 9.17) is 0 Å². The topological polar surface area (TPSA) is 95.4 Å². The number of hydrogen-bond acceptors (Lipinski definition) is 6. The van der Waals surface area contributed by atoms with Crippen molar-refractivity contribution >= 4 is 28.3 Å². The number of carbonyl (C=O) groups is 2. The molecule has 2 saturated heterocycles. The van der Waals surface area contributed by atoms with Crippen LogP contribution in [0.2, 0.25) is 0 Å². The first kappa shape index (κ1) is 13.3. The number of nitrogens with zero attached hydrogens (tertiary/aromatic N) is 3. The molecule has 0 saturated carbocycles. The molecule has 2 aliphatic heterocycles. The third kappa shape index (κ3) is 2.13. The van der Waals surface area contributed by atoms with Gasteiger partial charge in [0.1, 0.15) is 5.01 Å². The second-order valence-electron chi connectivity index (χ2n) is 5.39. The van der Waals surface area contributed by atoms with Gasteiger partial charge in [0, 0.05) is 19.5 Å². The lowest BCUT2D eigenvalue weighted by molar-refractivity contribution is -0.144. The van der Waals surface area contributed by atoms with Crippen LogP contribution in [0.3, 0.4) is 0 Å². The van der Waals surface area contributed by atoms with Crippen molar-refractivity contribution in [2.24, 2.45) is 5.92 Å². The Kier molecular flexibility index (Phi) is 3.12. The molecule has 1 aromatic heterocycles. The van der Waals surface area contributed by atoms with Gasteiger partial charge < -0.3 is 15.3 Å². The van der Waals surface area contributed by atoms with Gasteiger partial charge in [-0.05, 0) is 19.8 Å². The van der Waals surface area contributed by atoms with E-state index in [-0.39, 0.29) is 12.3 Å². The van der Waals surface area contributed by atoms with Gasteiger partial charge in [-0.15, -0.1) is 10.2 Å². The van der Waals surface area contributed by atoms with Gasteiger partial charge in [-0.2, -0.15) is 0 Å². The fourth-order valence-corrected chi connectivity index (χ4v) is 3.84. The molecule has 0 bridgehead atoms. The van der Waals surface area contributed by atoms with Crippen LogP contribution in [-0.4, -0.2) is 45.8 Å². The molecule has 1 spiro atoms. The minimum Gasteiger partial charge on any atom is -0.481 e. The Bertz CT molecular complexity index is 551. The maximum atomic E-state index is 11.6. The monoisotopic (exact) mass is 296 g/mol. The van der Waals surface area contributed by atoms with Gasteiger partial charge in [0.15, 0.2) is 0 Å². The highest BCUT2D eigenvalue weighted by Gasteiger charge is 2.51. The van der Waals surface area contributed by atoms with E-state index in [0.29, 0.717) is 25.9 Å². The largest absolute Gasteiger partial charge is 0.481 e. The Labute approximate surface area is 120 Å². The standard InChI is InChI=1S/C12H16N4O3S/c1-7-14-15-11(20-7)16-4-2-12(3-5-16)8(10(18)19)6-9(17)13-12/h8H,2-6H2,1H3,(H,13,17)(H,18,19)/t8-/m1/s1. The number of piperidine rings is 1. The number of aliphatic carboxylic acids is 1. The lowest BCUT2D eigenvalue weighted by Gasteiger charge is -2.41. The number of hydrogen-bond donors (Lipinski definition) is 2. The molecular formula is C12H16N4O3S. The number of carboxylic acids is 1. The maximum absolute atomic E-state index is 11.6. The number of amides is 1. The number of anilines is 1. The van der Waals surface area contributed by atoms with E-state index in [2.05, 4.69) is 20.4 Å². The van der Waals surface area contributed by atoms with Gasteiger partial charge in [0.2, 0.25) is 11.0 Å². The van der Waals surface area contributed by atoms with Crippen LogP contribution >= 0.6 is 11.3 Å². The first-order chi connectivity index (χ1) is 9.50. The molecule has 2 fully saturated rings. The first-order valence-corrected chi connectivity index (χ1v) is 7.41. The highest BCUT2D eigenvalue weighted by molar-refractivity contribution is 7.15. The van der Waals surface area contributed by atoms with Crippen molar-refractivity contribution < 1.29 is 14.7 Å². The maximum Gasteiger partial charge on any atom is 0.309 e. The van der Waals surface area contributed by atoms with Gasteiger partial charge in [-0.3, -0.25) is 9.59 Å². The van der Waals surface area contributed by atoms with Crippen LogP contribution in [0.4, 0.5) is 5.13 Å². The third-order valence-corrected chi connectivity index (χ3v) is 5.08. The predicted molar refractivity (Wildman–Crippen MR) is 72.7 cm³/mol.